The minimum absolute atomic E-state index is 0.0534. The third kappa shape index (κ3) is 19.2. The van der Waals surface area contributed by atoms with Gasteiger partial charge in [0.25, 0.3) is 0 Å². The van der Waals surface area contributed by atoms with Crippen molar-refractivity contribution in [2.45, 2.75) is 135 Å². The summed E-state index contributed by atoms with van der Waals surface area (Å²) in [6.45, 7) is 10.6. The highest BCUT2D eigenvalue weighted by Gasteiger charge is 2.31. The molecule has 0 aromatic carbocycles. The summed E-state index contributed by atoms with van der Waals surface area (Å²) in [4.78, 5) is 69.4. The highest BCUT2D eigenvalue weighted by molar-refractivity contribution is 8.00. The summed E-state index contributed by atoms with van der Waals surface area (Å²) in [6, 6.07) is 0.0958. The number of hydrogen-bond donors (Lipinski definition) is 4. The zero-order chi connectivity index (χ0) is 31.8. The van der Waals surface area contributed by atoms with Gasteiger partial charge in [0.05, 0.1) is 10.5 Å². The first-order valence-electron chi connectivity index (χ1n) is 15.7. The first-order valence-corrected chi connectivity index (χ1v) is 17.8. The summed E-state index contributed by atoms with van der Waals surface area (Å²) in [7, 11) is 0. The largest absolute Gasteiger partial charge is 0.356 e. The maximum atomic E-state index is 12.1. The van der Waals surface area contributed by atoms with Gasteiger partial charge >= 0.3 is 0 Å². The van der Waals surface area contributed by atoms with Crippen LogP contribution in [-0.4, -0.2) is 70.0 Å². The first-order chi connectivity index (χ1) is 20.2. The minimum atomic E-state index is -0.260. The van der Waals surface area contributed by atoms with Crippen LogP contribution in [0, 0.1) is 0 Å². The molecule has 10 nitrogen and oxygen atoms in total. The molecule has 0 spiro atoms. The van der Waals surface area contributed by atoms with E-state index in [9.17, 15) is 28.8 Å². The standard InChI is InChI=1S/C26H42N4O6S2.2C2H6/c1-18(28-22(32)12-5-3-9-15-38-20-17-24(34)30-26(20)36)10-6-7-13-27-21(31)11-4-2-8-14-37-19-16-23(33)29-25(19)35;2*1-2/h18-20H,2-17H2,1H3,(H,27,31)(H,28,32)(H,29,33,35)(H,30,34,36);2*1-2H3. The van der Waals surface area contributed by atoms with Crippen LogP contribution in [-0.2, 0) is 28.8 Å². The van der Waals surface area contributed by atoms with Gasteiger partial charge in [-0.25, -0.2) is 0 Å². The van der Waals surface area contributed by atoms with E-state index in [1.165, 1.54) is 23.5 Å². The Kier molecular flexibility index (Phi) is 24.2. The Bertz CT molecular complexity index is 843. The van der Waals surface area contributed by atoms with Gasteiger partial charge in [-0.2, -0.15) is 0 Å². The molecule has 6 amide bonds. The third-order valence-corrected chi connectivity index (χ3v) is 8.99. The van der Waals surface area contributed by atoms with Crippen LogP contribution in [0.2, 0.25) is 0 Å². The molecule has 0 saturated carbocycles. The van der Waals surface area contributed by atoms with E-state index in [0.717, 1.165) is 69.3 Å². The van der Waals surface area contributed by atoms with Gasteiger partial charge in [-0.3, -0.25) is 39.4 Å². The minimum Gasteiger partial charge on any atom is -0.356 e. The smallest absolute Gasteiger partial charge is 0.240 e. The SMILES string of the molecule is CC.CC.CC(CCCCNC(=O)CCCCCSC1CC(=O)NC1=O)NC(=O)CCCCCSC1CC(=O)NC1=O. The lowest BCUT2D eigenvalue weighted by atomic mass is 10.1. The number of unbranched alkanes of at least 4 members (excludes halogenated alkanes) is 5. The van der Waals surface area contributed by atoms with E-state index < -0.39 is 0 Å². The summed E-state index contributed by atoms with van der Waals surface area (Å²) in [5.41, 5.74) is 0. The van der Waals surface area contributed by atoms with Gasteiger partial charge in [-0.05, 0) is 63.4 Å². The van der Waals surface area contributed by atoms with E-state index in [1.54, 1.807) is 0 Å². The number of carbonyl (C=O) groups excluding carboxylic acids is 6. The third-order valence-electron chi connectivity index (χ3n) is 6.38. The van der Waals surface area contributed by atoms with Crippen molar-refractivity contribution in [2.75, 3.05) is 18.1 Å². The number of rotatable bonds is 20. The fourth-order valence-electron chi connectivity index (χ4n) is 4.22. The topological polar surface area (TPSA) is 151 Å². The van der Waals surface area contributed by atoms with Crippen molar-refractivity contribution >= 4 is 59.0 Å². The number of imide groups is 2. The van der Waals surface area contributed by atoms with Crippen LogP contribution in [0.3, 0.4) is 0 Å². The lowest BCUT2D eigenvalue weighted by Gasteiger charge is -2.14. The van der Waals surface area contributed by atoms with Crippen LogP contribution in [0.1, 0.15) is 118 Å². The molecule has 2 aliphatic rings. The van der Waals surface area contributed by atoms with Gasteiger partial charge in [-0.15, -0.1) is 23.5 Å². The van der Waals surface area contributed by atoms with Crippen molar-refractivity contribution in [1.29, 1.82) is 0 Å². The van der Waals surface area contributed by atoms with Crippen LogP contribution >= 0.6 is 23.5 Å². The van der Waals surface area contributed by atoms with E-state index in [-0.39, 0.29) is 64.8 Å². The molecular formula is C30H54N4O6S2. The fourth-order valence-corrected chi connectivity index (χ4v) is 6.49. The van der Waals surface area contributed by atoms with Crippen LogP contribution in [0.15, 0.2) is 0 Å². The van der Waals surface area contributed by atoms with Gasteiger partial charge in [0.15, 0.2) is 0 Å². The highest BCUT2D eigenvalue weighted by atomic mass is 32.2. The number of thioether (sulfide) groups is 2. The molecule has 0 aliphatic carbocycles. The Morgan fingerprint density at radius 2 is 1.19 bits per heavy atom. The maximum absolute atomic E-state index is 12.1. The van der Waals surface area contributed by atoms with Crippen molar-refractivity contribution in [3.8, 4) is 0 Å². The monoisotopic (exact) mass is 630 g/mol. The average molecular weight is 631 g/mol. The number of carbonyl (C=O) groups is 6. The predicted molar refractivity (Wildman–Crippen MR) is 172 cm³/mol. The van der Waals surface area contributed by atoms with Crippen molar-refractivity contribution in [2.24, 2.45) is 0 Å². The Morgan fingerprint density at radius 3 is 1.64 bits per heavy atom. The molecule has 3 unspecified atom stereocenters. The number of hydrogen-bond acceptors (Lipinski definition) is 8. The Labute approximate surface area is 261 Å². The summed E-state index contributed by atoms with van der Waals surface area (Å²) in [5, 5.41) is 10.1. The molecule has 0 bridgehead atoms. The van der Waals surface area contributed by atoms with Gasteiger partial charge in [0.2, 0.25) is 35.4 Å². The molecule has 2 saturated heterocycles. The molecule has 2 aliphatic heterocycles. The molecule has 0 aromatic heterocycles. The van der Waals surface area contributed by atoms with Crippen molar-refractivity contribution in [1.82, 2.24) is 21.3 Å². The Morgan fingerprint density at radius 1 is 0.714 bits per heavy atom. The first kappa shape index (κ1) is 39.9. The van der Waals surface area contributed by atoms with Gasteiger partial charge < -0.3 is 10.6 Å². The van der Waals surface area contributed by atoms with E-state index in [1.807, 2.05) is 34.6 Å². The number of nitrogens with one attached hydrogen (secondary N) is 4. The van der Waals surface area contributed by atoms with Gasteiger partial charge in [0.1, 0.15) is 0 Å². The van der Waals surface area contributed by atoms with Crippen LogP contribution in [0.4, 0.5) is 0 Å². The summed E-state index contributed by atoms with van der Waals surface area (Å²) in [5.74, 6) is 0.957. The van der Waals surface area contributed by atoms with Crippen molar-refractivity contribution in [3.05, 3.63) is 0 Å². The molecule has 42 heavy (non-hydrogen) atoms. The highest BCUT2D eigenvalue weighted by Crippen LogP contribution is 2.22. The normalized spacial score (nSPS) is 18.2. The molecule has 4 N–H and O–H groups in total. The molecule has 0 aromatic rings. The average Bonchev–Trinajstić information content (AvgIpc) is 3.47. The second-order valence-electron chi connectivity index (χ2n) is 9.89. The van der Waals surface area contributed by atoms with E-state index in [2.05, 4.69) is 21.3 Å². The summed E-state index contributed by atoms with van der Waals surface area (Å²) < 4.78 is 0. The summed E-state index contributed by atoms with van der Waals surface area (Å²) in [6.07, 6.45) is 9.45. The fraction of sp³-hybridized carbons (Fsp3) is 0.800. The molecule has 0 radical (unpaired) electrons. The Balaban J connectivity index is 0.00000402. The lowest BCUT2D eigenvalue weighted by molar-refractivity contribution is -0.126. The zero-order valence-electron chi connectivity index (χ0n) is 26.3. The van der Waals surface area contributed by atoms with E-state index in [0.29, 0.717) is 19.4 Å². The van der Waals surface area contributed by atoms with Crippen LogP contribution in [0.5, 0.6) is 0 Å². The molecule has 242 valence electrons. The molecule has 12 heteroatoms. The quantitative estimate of drug-likeness (QED) is 0.115. The van der Waals surface area contributed by atoms with Crippen LogP contribution in [0.25, 0.3) is 0 Å². The van der Waals surface area contributed by atoms with Crippen molar-refractivity contribution < 1.29 is 28.8 Å². The van der Waals surface area contributed by atoms with E-state index in [4.69, 9.17) is 0 Å². The van der Waals surface area contributed by atoms with E-state index >= 15 is 0 Å². The lowest BCUT2D eigenvalue weighted by Crippen LogP contribution is -2.32. The second-order valence-corrected chi connectivity index (χ2v) is 12.5. The van der Waals surface area contributed by atoms with Gasteiger partial charge in [0, 0.05) is 38.3 Å². The molecule has 2 heterocycles. The van der Waals surface area contributed by atoms with Gasteiger partial charge in [-0.1, -0.05) is 40.5 Å². The Hall–Kier alpha value is -2.08. The predicted octanol–water partition coefficient (Wildman–Crippen LogP) is 4.25. The maximum Gasteiger partial charge on any atom is 0.240 e. The number of amides is 6. The van der Waals surface area contributed by atoms with Crippen molar-refractivity contribution in [3.63, 3.8) is 0 Å². The molecule has 2 rings (SSSR count). The second kappa shape index (κ2) is 25.4. The summed E-state index contributed by atoms with van der Waals surface area (Å²) >= 11 is 3.02. The molecular weight excluding hydrogens is 576 g/mol. The molecule has 3 atom stereocenters. The van der Waals surface area contributed by atoms with Crippen LogP contribution < -0.4 is 21.3 Å². The molecule has 2 fully saturated rings. The zero-order valence-corrected chi connectivity index (χ0v) is 27.9.